The minimum Gasteiger partial charge on any atom is -0.790 e. The smallest absolute Gasteiger partial charge is 0.790 e. The van der Waals surface area contributed by atoms with Gasteiger partial charge in [0.2, 0.25) is 0 Å². The summed E-state index contributed by atoms with van der Waals surface area (Å²) in [6.45, 7) is -4.00. The Labute approximate surface area is 202 Å². The van der Waals surface area contributed by atoms with E-state index in [0.717, 1.165) is 0 Å². The van der Waals surface area contributed by atoms with Gasteiger partial charge in [0, 0.05) is 0 Å². The number of aliphatic hydroxyl groups is 6. The van der Waals surface area contributed by atoms with E-state index < -0.39 is 81.4 Å². The molecule has 0 rings (SSSR count). The average molecular weight is 622 g/mol. The maximum Gasteiger partial charge on any atom is 2.00 e. The van der Waals surface area contributed by atoms with Crippen molar-refractivity contribution in [2.24, 2.45) is 0 Å². The minimum absolute atomic E-state index is 0. The molecule has 3 unspecified atom stereocenters. The van der Waals surface area contributed by atoms with E-state index in [0.29, 0.717) is 0 Å². The molecule has 0 amide bonds. The van der Waals surface area contributed by atoms with Gasteiger partial charge in [0.05, 0.1) is 63.1 Å². The first-order valence-corrected chi connectivity index (χ1v) is 11.6. The summed E-state index contributed by atoms with van der Waals surface area (Å²) >= 11 is 0. The van der Waals surface area contributed by atoms with Crippen molar-refractivity contribution in [1.82, 2.24) is 0 Å². The average Bonchev–Trinajstić information content (AvgIpc) is 2.61. The van der Waals surface area contributed by atoms with Gasteiger partial charge < -0.3 is 87.3 Å². The summed E-state index contributed by atoms with van der Waals surface area (Å²) in [6.07, 6.45) is -3.97. The molecule has 0 fully saturated rings. The van der Waals surface area contributed by atoms with Crippen molar-refractivity contribution in [1.29, 1.82) is 0 Å². The Hall–Kier alpha value is 1.13. The van der Waals surface area contributed by atoms with Crippen LogP contribution in [0.25, 0.3) is 0 Å². The van der Waals surface area contributed by atoms with Crippen LogP contribution < -0.4 is 29.4 Å². The Morgan fingerprint density at radius 3 is 0.781 bits per heavy atom. The molecule has 0 heterocycles. The first-order chi connectivity index (χ1) is 13.4. The summed E-state index contributed by atoms with van der Waals surface area (Å²) in [5.74, 6) is 0. The third-order valence-electron chi connectivity index (χ3n) is 1.91. The summed E-state index contributed by atoms with van der Waals surface area (Å²) in [6, 6.07) is 0. The Morgan fingerprint density at radius 2 is 0.688 bits per heavy atom. The van der Waals surface area contributed by atoms with Crippen LogP contribution in [0.3, 0.4) is 0 Å². The molecule has 18 nitrogen and oxygen atoms in total. The molecule has 198 valence electrons. The van der Waals surface area contributed by atoms with Gasteiger partial charge in [-0.2, -0.15) is 0 Å². The van der Waals surface area contributed by atoms with Crippen LogP contribution in [0, 0.1) is 0 Å². The van der Waals surface area contributed by atoms with Gasteiger partial charge in [-0.15, -0.1) is 0 Å². The molecule has 0 bridgehead atoms. The zero-order valence-electron chi connectivity index (χ0n) is 15.6. The van der Waals surface area contributed by atoms with Crippen LogP contribution in [0.4, 0.5) is 0 Å². The van der Waals surface area contributed by atoms with E-state index in [1.165, 1.54) is 0 Å². The largest absolute Gasteiger partial charge is 2.00 e. The van der Waals surface area contributed by atoms with Crippen molar-refractivity contribution in [3.8, 4) is 0 Å². The molecular formula is C9H21Fe2O18P3-2. The van der Waals surface area contributed by atoms with E-state index in [1.807, 2.05) is 0 Å². The summed E-state index contributed by atoms with van der Waals surface area (Å²) < 4.78 is 40.0. The summed E-state index contributed by atoms with van der Waals surface area (Å²) in [5, 5.41) is 49.7. The van der Waals surface area contributed by atoms with Crippen molar-refractivity contribution in [2.75, 3.05) is 39.6 Å². The molecule has 0 aromatic carbocycles. The van der Waals surface area contributed by atoms with Gasteiger partial charge >= 0.3 is 34.1 Å². The molecule has 0 aliphatic rings. The van der Waals surface area contributed by atoms with Crippen molar-refractivity contribution < 1.29 is 121 Å². The van der Waals surface area contributed by atoms with Gasteiger partial charge in [0.1, 0.15) is 18.3 Å². The molecule has 0 aliphatic heterocycles. The van der Waals surface area contributed by atoms with E-state index >= 15 is 0 Å². The second-order valence-corrected chi connectivity index (χ2v) is 8.20. The predicted octanol–water partition coefficient (Wildman–Crippen LogP) is -8.45. The Bertz CT molecular complexity index is 474. The van der Waals surface area contributed by atoms with Crippen molar-refractivity contribution in [3.05, 3.63) is 0 Å². The third-order valence-corrected chi connectivity index (χ3v) is 3.30. The van der Waals surface area contributed by atoms with Gasteiger partial charge in [-0.05, 0) is 0 Å². The van der Waals surface area contributed by atoms with Gasteiger partial charge in [0.25, 0.3) is 0 Å². The van der Waals surface area contributed by atoms with Crippen LogP contribution in [-0.2, 0) is 61.4 Å². The first-order valence-electron chi connectivity index (χ1n) is 7.23. The van der Waals surface area contributed by atoms with Crippen LogP contribution in [0.1, 0.15) is 0 Å². The summed E-state index contributed by atoms with van der Waals surface area (Å²) in [5.41, 5.74) is 0. The second-order valence-electron chi connectivity index (χ2n) is 4.74. The zero-order valence-corrected chi connectivity index (χ0v) is 20.5. The fraction of sp³-hybridized carbons (Fsp3) is 1.00. The molecule has 3 atom stereocenters. The van der Waals surface area contributed by atoms with Crippen molar-refractivity contribution in [3.63, 3.8) is 0 Å². The van der Waals surface area contributed by atoms with Crippen molar-refractivity contribution >= 4 is 23.5 Å². The maximum absolute atomic E-state index is 9.71. The number of hydrogen-bond acceptors (Lipinski definition) is 18. The number of aliphatic hydroxyl groups excluding tert-OH is 6. The van der Waals surface area contributed by atoms with Gasteiger partial charge in [-0.25, -0.2) is 0 Å². The van der Waals surface area contributed by atoms with Crippen LogP contribution in [0.2, 0.25) is 0 Å². The van der Waals surface area contributed by atoms with E-state index in [4.69, 9.17) is 30.6 Å². The fourth-order valence-corrected chi connectivity index (χ4v) is 1.75. The van der Waals surface area contributed by atoms with Crippen LogP contribution >= 0.6 is 23.5 Å². The predicted molar refractivity (Wildman–Crippen MR) is 80.0 cm³/mol. The van der Waals surface area contributed by atoms with Crippen molar-refractivity contribution in [2.45, 2.75) is 18.3 Å². The minimum atomic E-state index is -5.00. The van der Waals surface area contributed by atoms with Gasteiger partial charge in [0.15, 0.2) is 0 Å². The topological polar surface area (TPSA) is 339 Å². The van der Waals surface area contributed by atoms with E-state index in [2.05, 4.69) is 13.6 Å². The van der Waals surface area contributed by atoms with Crippen LogP contribution in [0.5, 0.6) is 0 Å². The van der Waals surface area contributed by atoms with Crippen LogP contribution in [0.15, 0.2) is 0 Å². The maximum atomic E-state index is 9.71. The summed E-state index contributed by atoms with van der Waals surface area (Å²) in [7, 11) is -15.0. The molecule has 0 aliphatic carbocycles. The molecule has 0 aromatic heterocycles. The third kappa shape index (κ3) is 44.7. The van der Waals surface area contributed by atoms with E-state index in [-0.39, 0.29) is 34.1 Å². The molecule has 32 heavy (non-hydrogen) atoms. The first kappa shape index (κ1) is 43.2. The standard InChI is InChI=1S/3C3H9O6P.2Fe/c3*4-1-3(5)2-9-10(6,7)8;;/h3*3-5H,1-2H2,(H2,6,7,8);;/q;;;2*+2/p-6. The summed E-state index contributed by atoms with van der Waals surface area (Å²) in [4.78, 5) is 58.3. The monoisotopic (exact) mass is 622 g/mol. The number of phosphoric ester groups is 3. The number of rotatable bonds is 12. The van der Waals surface area contributed by atoms with E-state index in [1.54, 1.807) is 0 Å². The number of hydrogen-bond donors (Lipinski definition) is 6. The SMILES string of the molecule is O=P([O-])([O-])OCC(O)CO.O=P([O-])([O-])OCC(O)CO.O=P([O-])([O-])OCC(O)CO.[Fe+2].[Fe+2]. The molecule has 23 heteroatoms. The normalized spacial score (nSPS) is 14.2. The van der Waals surface area contributed by atoms with Gasteiger partial charge in [-0.3, -0.25) is 0 Å². The zero-order chi connectivity index (χ0) is 24.6. The molecule has 6 N–H and O–H groups in total. The molecule has 0 aromatic rings. The molecule has 0 radical (unpaired) electrons. The number of phosphoric acid groups is 3. The second kappa shape index (κ2) is 22.6. The molecular weight excluding hydrogens is 601 g/mol. The van der Waals surface area contributed by atoms with Crippen LogP contribution in [-0.4, -0.2) is 88.6 Å². The van der Waals surface area contributed by atoms with Gasteiger partial charge in [-0.1, -0.05) is 0 Å². The quantitative estimate of drug-likeness (QED) is 0.0869. The van der Waals surface area contributed by atoms with E-state index in [9.17, 15) is 43.1 Å². The molecule has 0 spiro atoms. The Morgan fingerprint density at radius 1 is 0.531 bits per heavy atom. The molecule has 0 saturated heterocycles. The Kier molecular flexibility index (Phi) is 30.5. The molecule has 0 saturated carbocycles. The fourth-order valence-electron chi connectivity index (χ4n) is 0.690. The Balaban J connectivity index is -0.000000110.